The van der Waals surface area contributed by atoms with Crippen molar-refractivity contribution in [1.82, 2.24) is 4.90 Å². The minimum atomic E-state index is 0.224. The Hall–Kier alpha value is -1.81. The predicted octanol–water partition coefficient (Wildman–Crippen LogP) is 4.14. The van der Waals surface area contributed by atoms with Crippen LogP contribution in [0.15, 0.2) is 46.9 Å². The maximum atomic E-state index is 12.4. The number of hydrogen-bond acceptors (Lipinski definition) is 2. The van der Waals surface area contributed by atoms with Crippen LogP contribution in [0.5, 0.6) is 0 Å². The zero-order valence-corrected chi connectivity index (χ0v) is 14.9. The highest BCUT2D eigenvalue weighted by molar-refractivity contribution is 9.10. The Labute approximate surface area is 145 Å². The number of hydrogen-bond donors (Lipinski definition) is 1. The number of nitrogens with one attached hydrogen (secondary N) is 1. The molecule has 2 aromatic rings. The molecule has 1 N–H and O–H groups in total. The van der Waals surface area contributed by atoms with Crippen LogP contribution in [0.2, 0.25) is 0 Å². The maximum absolute atomic E-state index is 12.4. The molecule has 120 valence electrons. The first-order valence-corrected chi connectivity index (χ1v) is 8.77. The molecule has 0 radical (unpaired) electrons. The molecule has 4 heteroatoms. The Bertz CT molecular complexity index is 714. The van der Waals surface area contributed by atoms with Crippen molar-refractivity contribution in [1.29, 1.82) is 0 Å². The first kappa shape index (κ1) is 16.1. The lowest BCUT2D eigenvalue weighted by Gasteiger charge is -2.29. The molecule has 0 aliphatic carbocycles. The Morgan fingerprint density at radius 3 is 2.78 bits per heavy atom. The number of fused-ring (bicyclic) bond motifs is 1. The third-order valence-electron chi connectivity index (χ3n) is 4.33. The Morgan fingerprint density at radius 2 is 2.00 bits per heavy atom. The van der Waals surface area contributed by atoms with Crippen LogP contribution >= 0.6 is 15.9 Å². The fraction of sp³-hybridized carbons (Fsp3) is 0.316. The van der Waals surface area contributed by atoms with Crippen LogP contribution in [0.25, 0.3) is 0 Å². The normalized spacial score (nSPS) is 13.6. The molecule has 0 aromatic heterocycles. The van der Waals surface area contributed by atoms with Gasteiger partial charge in [0.05, 0.1) is 0 Å². The van der Waals surface area contributed by atoms with Gasteiger partial charge in [0.2, 0.25) is 5.91 Å². The number of anilines is 1. The highest BCUT2D eigenvalue weighted by Crippen LogP contribution is 2.21. The number of aryl methyl sites for hydroxylation is 1. The molecule has 1 heterocycles. The molecule has 0 saturated heterocycles. The quantitative estimate of drug-likeness (QED) is 0.874. The van der Waals surface area contributed by atoms with E-state index in [0.717, 1.165) is 29.7 Å². The first-order valence-electron chi connectivity index (χ1n) is 7.98. The van der Waals surface area contributed by atoms with E-state index >= 15 is 0 Å². The van der Waals surface area contributed by atoms with Gasteiger partial charge in [-0.25, -0.2) is 0 Å². The van der Waals surface area contributed by atoms with E-state index in [0.29, 0.717) is 13.0 Å². The van der Waals surface area contributed by atoms with Gasteiger partial charge in [0.15, 0.2) is 0 Å². The van der Waals surface area contributed by atoms with Crippen molar-refractivity contribution in [2.75, 3.05) is 18.4 Å². The molecular formula is C19H21BrN2O. The molecule has 1 aliphatic heterocycles. The van der Waals surface area contributed by atoms with Crippen molar-refractivity contribution in [3.8, 4) is 0 Å². The van der Waals surface area contributed by atoms with Crippen molar-refractivity contribution in [3.63, 3.8) is 0 Å². The monoisotopic (exact) mass is 372 g/mol. The summed E-state index contributed by atoms with van der Waals surface area (Å²) in [4.78, 5) is 14.4. The number of nitrogens with zero attached hydrogens (tertiary/aromatic N) is 1. The first-order chi connectivity index (χ1) is 11.1. The summed E-state index contributed by atoms with van der Waals surface area (Å²) in [6.07, 6.45) is 1.48. The average molecular weight is 373 g/mol. The van der Waals surface area contributed by atoms with Gasteiger partial charge in [-0.2, -0.15) is 0 Å². The van der Waals surface area contributed by atoms with Crippen LogP contribution in [-0.2, 0) is 17.8 Å². The molecule has 23 heavy (non-hydrogen) atoms. The predicted molar refractivity (Wildman–Crippen MR) is 97.5 cm³/mol. The van der Waals surface area contributed by atoms with E-state index in [1.807, 2.05) is 23.1 Å². The molecular weight excluding hydrogens is 352 g/mol. The topological polar surface area (TPSA) is 32.3 Å². The second-order valence-electron chi connectivity index (χ2n) is 5.97. The second kappa shape index (κ2) is 7.18. The van der Waals surface area contributed by atoms with E-state index in [2.05, 4.69) is 52.4 Å². The lowest BCUT2D eigenvalue weighted by Crippen LogP contribution is -2.36. The summed E-state index contributed by atoms with van der Waals surface area (Å²) in [6, 6.07) is 14.5. The zero-order valence-electron chi connectivity index (χ0n) is 13.3. The van der Waals surface area contributed by atoms with Gasteiger partial charge in [0.25, 0.3) is 0 Å². The molecule has 3 rings (SSSR count). The third kappa shape index (κ3) is 3.94. The van der Waals surface area contributed by atoms with Gasteiger partial charge in [-0.3, -0.25) is 4.79 Å². The summed E-state index contributed by atoms with van der Waals surface area (Å²) >= 11 is 3.46. The lowest BCUT2D eigenvalue weighted by molar-refractivity contribution is -0.131. The van der Waals surface area contributed by atoms with E-state index in [1.54, 1.807) is 0 Å². The van der Waals surface area contributed by atoms with Crippen molar-refractivity contribution in [2.24, 2.45) is 0 Å². The zero-order chi connectivity index (χ0) is 16.2. The van der Waals surface area contributed by atoms with E-state index in [4.69, 9.17) is 0 Å². The van der Waals surface area contributed by atoms with Crippen LogP contribution in [-0.4, -0.2) is 23.9 Å². The minimum Gasteiger partial charge on any atom is -0.384 e. The molecule has 2 aromatic carbocycles. The van der Waals surface area contributed by atoms with Gasteiger partial charge < -0.3 is 10.2 Å². The molecule has 0 bridgehead atoms. The summed E-state index contributed by atoms with van der Waals surface area (Å²) < 4.78 is 1.07. The van der Waals surface area contributed by atoms with Crippen molar-refractivity contribution >= 4 is 27.5 Å². The Morgan fingerprint density at radius 1 is 1.22 bits per heavy atom. The standard InChI is InChI=1S/C19H21BrN2O/c1-14-12-17(20)6-7-18(14)21-10-8-19(23)22-11-9-15-4-2-3-5-16(15)13-22/h2-7,12,21H,8-11,13H2,1H3. The molecule has 3 nitrogen and oxygen atoms in total. The fourth-order valence-corrected chi connectivity index (χ4v) is 3.47. The van der Waals surface area contributed by atoms with Crippen LogP contribution in [0, 0.1) is 6.92 Å². The molecule has 0 spiro atoms. The number of benzene rings is 2. The number of carbonyl (C=O) groups is 1. The van der Waals surface area contributed by atoms with Crippen LogP contribution in [0.1, 0.15) is 23.1 Å². The van der Waals surface area contributed by atoms with Gasteiger partial charge in [-0.05, 0) is 48.2 Å². The number of halogens is 1. The van der Waals surface area contributed by atoms with E-state index in [-0.39, 0.29) is 5.91 Å². The van der Waals surface area contributed by atoms with E-state index in [1.165, 1.54) is 16.7 Å². The Balaban J connectivity index is 1.52. The lowest BCUT2D eigenvalue weighted by atomic mass is 10.00. The Kier molecular flexibility index (Phi) is 5.01. The van der Waals surface area contributed by atoms with E-state index in [9.17, 15) is 4.79 Å². The van der Waals surface area contributed by atoms with Gasteiger partial charge in [-0.1, -0.05) is 40.2 Å². The van der Waals surface area contributed by atoms with Crippen molar-refractivity contribution in [3.05, 3.63) is 63.6 Å². The number of amides is 1. The minimum absolute atomic E-state index is 0.224. The number of rotatable bonds is 4. The summed E-state index contributed by atoms with van der Waals surface area (Å²) in [5.41, 5.74) is 4.92. The smallest absolute Gasteiger partial charge is 0.224 e. The van der Waals surface area contributed by atoms with Gasteiger partial charge in [0, 0.05) is 36.2 Å². The largest absolute Gasteiger partial charge is 0.384 e. The highest BCUT2D eigenvalue weighted by atomic mass is 79.9. The summed E-state index contributed by atoms with van der Waals surface area (Å²) in [7, 11) is 0. The number of carbonyl (C=O) groups excluding carboxylic acids is 1. The molecule has 0 saturated carbocycles. The van der Waals surface area contributed by atoms with E-state index < -0.39 is 0 Å². The molecule has 0 fully saturated rings. The molecule has 0 atom stereocenters. The molecule has 0 unspecified atom stereocenters. The van der Waals surface area contributed by atoms with Crippen LogP contribution in [0.3, 0.4) is 0 Å². The average Bonchev–Trinajstić information content (AvgIpc) is 2.56. The van der Waals surface area contributed by atoms with Crippen molar-refractivity contribution in [2.45, 2.75) is 26.3 Å². The fourth-order valence-electron chi connectivity index (χ4n) is 3.00. The van der Waals surface area contributed by atoms with Crippen LogP contribution in [0.4, 0.5) is 5.69 Å². The summed E-state index contributed by atoms with van der Waals surface area (Å²) in [6.45, 7) is 4.30. The highest BCUT2D eigenvalue weighted by Gasteiger charge is 2.19. The van der Waals surface area contributed by atoms with Gasteiger partial charge >= 0.3 is 0 Å². The van der Waals surface area contributed by atoms with Crippen molar-refractivity contribution < 1.29 is 4.79 Å². The molecule has 1 aliphatic rings. The third-order valence-corrected chi connectivity index (χ3v) is 4.82. The SMILES string of the molecule is Cc1cc(Br)ccc1NCCC(=O)N1CCc2ccccc2C1. The van der Waals surface area contributed by atoms with Gasteiger partial charge in [0.1, 0.15) is 0 Å². The summed E-state index contributed by atoms with van der Waals surface area (Å²) in [5, 5.41) is 3.36. The molecule has 1 amide bonds. The van der Waals surface area contributed by atoms with Gasteiger partial charge in [-0.15, -0.1) is 0 Å². The van der Waals surface area contributed by atoms with Crippen LogP contribution < -0.4 is 5.32 Å². The second-order valence-corrected chi connectivity index (χ2v) is 6.89. The maximum Gasteiger partial charge on any atom is 0.224 e. The summed E-state index contributed by atoms with van der Waals surface area (Å²) in [5.74, 6) is 0.224.